The van der Waals surface area contributed by atoms with E-state index in [1.54, 1.807) is 24.3 Å². The maximum atomic E-state index is 13.3. The Morgan fingerprint density at radius 2 is 1.48 bits per heavy atom. The number of para-hydroxylation sites is 1. The molecule has 33 heavy (non-hydrogen) atoms. The molecule has 1 aliphatic rings. The SMILES string of the molecule is O=C(NCCc1cc2ccccc2o1)C(Cc1ccccc1)N1C(=O)c2ccccc2C1=O. The van der Waals surface area contributed by atoms with Crippen molar-refractivity contribution in [1.29, 1.82) is 0 Å². The minimum atomic E-state index is -0.949. The predicted octanol–water partition coefficient (Wildman–Crippen LogP) is 4.00. The number of furan rings is 1. The zero-order chi connectivity index (χ0) is 22.8. The van der Waals surface area contributed by atoms with E-state index in [1.807, 2.05) is 60.7 Å². The second-order valence-corrected chi connectivity index (χ2v) is 8.02. The first kappa shape index (κ1) is 20.7. The van der Waals surface area contributed by atoms with E-state index in [-0.39, 0.29) is 12.3 Å². The molecule has 1 N–H and O–H groups in total. The Kier molecular flexibility index (Phi) is 5.48. The number of imide groups is 1. The Hall–Kier alpha value is -4.19. The van der Waals surface area contributed by atoms with Gasteiger partial charge >= 0.3 is 0 Å². The lowest BCUT2D eigenvalue weighted by molar-refractivity contribution is -0.125. The number of fused-ring (bicyclic) bond motifs is 2. The number of hydrogen-bond acceptors (Lipinski definition) is 4. The van der Waals surface area contributed by atoms with Crippen molar-refractivity contribution < 1.29 is 18.8 Å². The third-order valence-corrected chi connectivity index (χ3v) is 5.86. The van der Waals surface area contributed by atoms with Crippen molar-refractivity contribution >= 4 is 28.7 Å². The molecule has 1 unspecified atom stereocenters. The molecule has 0 fully saturated rings. The van der Waals surface area contributed by atoms with Crippen LogP contribution in [-0.2, 0) is 17.6 Å². The summed E-state index contributed by atoms with van der Waals surface area (Å²) in [5.41, 5.74) is 2.32. The predicted molar refractivity (Wildman–Crippen MR) is 124 cm³/mol. The molecule has 3 amide bonds. The number of benzene rings is 3. The van der Waals surface area contributed by atoms with Crippen LogP contribution in [-0.4, -0.2) is 35.2 Å². The molecule has 1 aliphatic heterocycles. The van der Waals surface area contributed by atoms with Crippen LogP contribution in [0.5, 0.6) is 0 Å². The fraction of sp³-hybridized carbons (Fsp3) is 0.148. The van der Waals surface area contributed by atoms with E-state index >= 15 is 0 Å². The standard InChI is InChI=1S/C27H22N2O4/c30-25(28-15-14-20-17-19-10-4-7-13-24(19)33-20)23(16-18-8-2-1-3-9-18)29-26(31)21-11-5-6-12-22(21)27(29)32/h1-13,17,23H,14-16H2,(H,28,30). The van der Waals surface area contributed by atoms with Crippen LogP contribution >= 0.6 is 0 Å². The second kappa shape index (κ2) is 8.74. The maximum Gasteiger partial charge on any atom is 0.262 e. The van der Waals surface area contributed by atoms with Gasteiger partial charge in [-0.25, -0.2) is 0 Å². The van der Waals surface area contributed by atoms with Gasteiger partial charge in [-0.05, 0) is 29.8 Å². The number of rotatable bonds is 7. The summed E-state index contributed by atoms with van der Waals surface area (Å²) in [6.07, 6.45) is 0.739. The topological polar surface area (TPSA) is 79.6 Å². The summed E-state index contributed by atoms with van der Waals surface area (Å²) >= 11 is 0. The fourth-order valence-corrected chi connectivity index (χ4v) is 4.22. The van der Waals surface area contributed by atoms with Gasteiger partial charge in [-0.1, -0.05) is 60.7 Å². The van der Waals surface area contributed by atoms with Gasteiger partial charge in [0.1, 0.15) is 17.4 Å². The van der Waals surface area contributed by atoms with Crippen molar-refractivity contribution in [3.05, 3.63) is 107 Å². The van der Waals surface area contributed by atoms with Crippen molar-refractivity contribution in [2.24, 2.45) is 0 Å². The number of amides is 3. The third kappa shape index (κ3) is 4.03. The first-order valence-electron chi connectivity index (χ1n) is 10.9. The van der Waals surface area contributed by atoms with Gasteiger partial charge < -0.3 is 9.73 Å². The minimum Gasteiger partial charge on any atom is -0.461 e. The summed E-state index contributed by atoms with van der Waals surface area (Å²) in [6.45, 7) is 0.327. The molecule has 1 aromatic heterocycles. The molecule has 0 saturated heterocycles. The Morgan fingerprint density at radius 1 is 0.848 bits per heavy atom. The summed E-state index contributed by atoms with van der Waals surface area (Å²) in [4.78, 5) is 40.4. The largest absolute Gasteiger partial charge is 0.461 e. The van der Waals surface area contributed by atoms with Gasteiger partial charge in [0.05, 0.1) is 11.1 Å². The van der Waals surface area contributed by atoms with Crippen LogP contribution in [0.1, 0.15) is 32.0 Å². The van der Waals surface area contributed by atoms with Crippen LogP contribution in [0.4, 0.5) is 0 Å². The van der Waals surface area contributed by atoms with Crippen molar-refractivity contribution in [3.63, 3.8) is 0 Å². The van der Waals surface area contributed by atoms with Crippen LogP contribution in [0.2, 0.25) is 0 Å². The normalized spacial score (nSPS) is 13.9. The summed E-state index contributed by atoms with van der Waals surface area (Å²) in [5, 5.41) is 3.90. The molecule has 1 atom stereocenters. The Morgan fingerprint density at radius 3 is 2.18 bits per heavy atom. The molecule has 6 heteroatoms. The molecule has 5 rings (SSSR count). The smallest absolute Gasteiger partial charge is 0.262 e. The van der Waals surface area contributed by atoms with Gasteiger partial charge in [0.25, 0.3) is 11.8 Å². The van der Waals surface area contributed by atoms with Crippen LogP contribution in [0, 0.1) is 0 Å². The molecule has 0 bridgehead atoms. The number of carbonyl (C=O) groups excluding carboxylic acids is 3. The molecular weight excluding hydrogens is 416 g/mol. The second-order valence-electron chi connectivity index (χ2n) is 8.02. The molecule has 164 valence electrons. The summed E-state index contributed by atoms with van der Waals surface area (Å²) in [7, 11) is 0. The Balaban J connectivity index is 1.34. The average Bonchev–Trinajstić information content (AvgIpc) is 3.37. The molecule has 0 aliphatic carbocycles. The van der Waals surface area contributed by atoms with E-state index in [9.17, 15) is 14.4 Å². The molecular formula is C27H22N2O4. The van der Waals surface area contributed by atoms with E-state index in [2.05, 4.69) is 5.32 Å². The van der Waals surface area contributed by atoms with Gasteiger partial charge in [-0.15, -0.1) is 0 Å². The van der Waals surface area contributed by atoms with Crippen molar-refractivity contribution in [1.82, 2.24) is 10.2 Å². The molecule has 2 heterocycles. The van der Waals surface area contributed by atoms with Crippen LogP contribution in [0.3, 0.4) is 0 Å². The molecule has 0 radical (unpaired) electrons. The Labute approximate surface area is 190 Å². The molecule has 0 saturated carbocycles. The van der Waals surface area contributed by atoms with E-state index in [0.717, 1.165) is 27.2 Å². The van der Waals surface area contributed by atoms with E-state index in [0.29, 0.717) is 24.1 Å². The molecule has 6 nitrogen and oxygen atoms in total. The van der Waals surface area contributed by atoms with E-state index in [4.69, 9.17) is 4.42 Å². The average molecular weight is 438 g/mol. The number of nitrogens with zero attached hydrogens (tertiary/aromatic N) is 1. The van der Waals surface area contributed by atoms with Crippen molar-refractivity contribution in [3.8, 4) is 0 Å². The third-order valence-electron chi connectivity index (χ3n) is 5.86. The van der Waals surface area contributed by atoms with Gasteiger partial charge in [0.2, 0.25) is 5.91 Å². The van der Waals surface area contributed by atoms with Crippen molar-refractivity contribution in [2.75, 3.05) is 6.54 Å². The monoisotopic (exact) mass is 438 g/mol. The number of nitrogens with one attached hydrogen (secondary N) is 1. The van der Waals surface area contributed by atoms with Gasteiger partial charge in [-0.3, -0.25) is 19.3 Å². The van der Waals surface area contributed by atoms with Gasteiger partial charge in [-0.2, -0.15) is 0 Å². The highest BCUT2D eigenvalue weighted by Gasteiger charge is 2.42. The number of hydrogen-bond donors (Lipinski definition) is 1. The fourth-order valence-electron chi connectivity index (χ4n) is 4.22. The zero-order valence-corrected chi connectivity index (χ0v) is 17.9. The highest BCUT2D eigenvalue weighted by atomic mass is 16.3. The zero-order valence-electron chi connectivity index (χ0n) is 17.9. The first-order valence-corrected chi connectivity index (χ1v) is 10.9. The summed E-state index contributed by atoms with van der Waals surface area (Å²) in [6, 6.07) is 24.8. The summed E-state index contributed by atoms with van der Waals surface area (Å²) < 4.78 is 5.81. The maximum absolute atomic E-state index is 13.3. The molecule has 0 spiro atoms. The molecule has 4 aromatic rings. The van der Waals surface area contributed by atoms with Crippen LogP contribution in [0.15, 0.2) is 89.3 Å². The summed E-state index contributed by atoms with van der Waals surface area (Å²) in [5.74, 6) is -0.491. The lowest BCUT2D eigenvalue weighted by atomic mass is 10.0. The quantitative estimate of drug-likeness (QED) is 0.443. The highest BCUT2D eigenvalue weighted by molar-refractivity contribution is 6.22. The molecule has 3 aromatic carbocycles. The van der Waals surface area contributed by atoms with Gasteiger partial charge in [0.15, 0.2) is 0 Å². The first-order chi connectivity index (χ1) is 16.1. The van der Waals surface area contributed by atoms with E-state index in [1.165, 1.54) is 0 Å². The van der Waals surface area contributed by atoms with Crippen LogP contribution in [0.25, 0.3) is 11.0 Å². The number of carbonyl (C=O) groups is 3. The van der Waals surface area contributed by atoms with Crippen molar-refractivity contribution in [2.45, 2.75) is 18.9 Å². The van der Waals surface area contributed by atoms with Crippen LogP contribution < -0.4 is 5.32 Å². The highest BCUT2D eigenvalue weighted by Crippen LogP contribution is 2.26. The lowest BCUT2D eigenvalue weighted by Gasteiger charge is -2.25. The minimum absolute atomic E-state index is 0.239. The van der Waals surface area contributed by atoms with E-state index < -0.39 is 17.9 Å². The Bertz CT molecular complexity index is 1270. The lowest BCUT2D eigenvalue weighted by Crippen LogP contribution is -2.51. The van der Waals surface area contributed by atoms with Gasteiger partial charge in [0, 0.05) is 24.8 Å².